The highest BCUT2D eigenvalue weighted by Gasteiger charge is 2.28. The molecule has 20 heavy (non-hydrogen) atoms. The quantitative estimate of drug-likeness (QED) is 0.832. The molecule has 1 aliphatic heterocycles. The average Bonchev–Trinajstić information content (AvgIpc) is 2.49. The van der Waals surface area contributed by atoms with E-state index in [1.54, 1.807) is 0 Å². The highest BCUT2D eigenvalue weighted by molar-refractivity contribution is 5.78. The Morgan fingerprint density at radius 1 is 1.40 bits per heavy atom. The summed E-state index contributed by atoms with van der Waals surface area (Å²) in [5.41, 5.74) is 0. The first-order valence-electron chi connectivity index (χ1n) is 7.90. The van der Waals surface area contributed by atoms with E-state index in [1.807, 2.05) is 9.80 Å². The molecule has 0 aromatic rings. The lowest BCUT2D eigenvalue weighted by molar-refractivity contribution is -0.135. The molecular formula is C15H26N4O. The molecular weight excluding hydrogens is 252 g/mol. The lowest BCUT2D eigenvalue weighted by Crippen LogP contribution is -2.55. The van der Waals surface area contributed by atoms with Gasteiger partial charge in [0.15, 0.2) is 0 Å². The van der Waals surface area contributed by atoms with Crippen molar-refractivity contribution in [2.75, 3.05) is 32.7 Å². The van der Waals surface area contributed by atoms with Crippen molar-refractivity contribution in [2.45, 2.75) is 51.1 Å². The first-order valence-corrected chi connectivity index (χ1v) is 7.90. The van der Waals surface area contributed by atoms with Gasteiger partial charge in [0.05, 0.1) is 12.6 Å². The molecule has 1 amide bonds. The van der Waals surface area contributed by atoms with E-state index in [2.05, 4.69) is 18.3 Å². The van der Waals surface area contributed by atoms with E-state index in [9.17, 15) is 4.79 Å². The van der Waals surface area contributed by atoms with Crippen LogP contribution in [0.15, 0.2) is 0 Å². The van der Waals surface area contributed by atoms with E-state index < -0.39 is 0 Å². The summed E-state index contributed by atoms with van der Waals surface area (Å²) in [4.78, 5) is 16.6. The molecule has 1 atom stereocenters. The molecule has 0 aromatic carbocycles. The number of carbonyl (C=O) groups is 1. The van der Waals surface area contributed by atoms with Crippen molar-refractivity contribution < 1.29 is 4.79 Å². The zero-order valence-electron chi connectivity index (χ0n) is 12.5. The monoisotopic (exact) mass is 278 g/mol. The number of hydrogen-bond donors (Lipinski definition) is 1. The number of carbonyl (C=O) groups excluding carboxylic acids is 1. The van der Waals surface area contributed by atoms with Gasteiger partial charge in [-0.1, -0.05) is 19.3 Å². The number of likely N-dealkylation sites (N-methyl/N-ethyl adjacent to an activating group) is 1. The molecule has 5 heteroatoms. The number of amides is 1. The minimum Gasteiger partial charge on any atom is -0.339 e. The van der Waals surface area contributed by atoms with Crippen molar-refractivity contribution in [3.63, 3.8) is 0 Å². The van der Waals surface area contributed by atoms with Crippen molar-refractivity contribution in [1.82, 2.24) is 15.1 Å². The molecule has 1 unspecified atom stereocenters. The molecule has 1 heterocycles. The van der Waals surface area contributed by atoms with Gasteiger partial charge in [0.25, 0.3) is 0 Å². The minimum absolute atomic E-state index is 0.169. The van der Waals surface area contributed by atoms with Gasteiger partial charge in [-0.25, -0.2) is 0 Å². The summed E-state index contributed by atoms with van der Waals surface area (Å²) < 4.78 is 0. The van der Waals surface area contributed by atoms with E-state index in [1.165, 1.54) is 19.3 Å². The van der Waals surface area contributed by atoms with Gasteiger partial charge in [0.1, 0.15) is 6.04 Å². The second-order valence-corrected chi connectivity index (χ2v) is 5.79. The number of nitriles is 1. The summed E-state index contributed by atoms with van der Waals surface area (Å²) in [7, 11) is 0. The smallest absolute Gasteiger partial charge is 0.237 e. The number of hydrogen-bond acceptors (Lipinski definition) is 4. The molecule has 2 aliphatic rings. The molecule has 0 bridgehead atoms. The summed E-state index contributed by atoms with van der Waals surface area (Å²) in [6, 6.07) is 2.54. The van der Waals surface area contributed by atoms with Gasteiger partial charge in [0, 0.05) is 32.2 Å². The number of nitrogens with one attached hydrogen (secondary N) is 1. The zero-order chi connectivity index (χ0) is 14.4. The molecule has 0 spiro atoms. The van der Waals surface area contributed by atoms with Crippen LogP contribution in [-0.4, -0.2) is 60.5 Å². The molecule has 1 saturated heterocycles. The highest BCUT2D eigenvalue weighted by atomic mass is 16.2. The summed E-state index contributed by atoms with van der Waals surface area (Å²) in [5.74, 6) is 0.196. The third-order valence-corrected chi connectivity index (χ3v) is 4.52. The van der Waals surface area contributed by atoms with Gasteiger partial charge < -0.3 is 10.2 Å². The number of nitrogens with zero attached hydrogens (tertiary/aromatic N) is 3. The Kier molecular flexibility index (Phi) is 5.81. The zero-order valence-corrected chi connectivity index (χ0v) is 12.5. The van der Waals surface area contributed by atoms with E-state index >= 15 is 0 Å². The fourth-order valence-corrected chi connectivity index (χ4v) is 3.36. The van der Waals surface area contributed by atoms with Crippen molar-refractivity contribution in [1.29, 1.82) is 5.26 Å². The Labute approximate surface area is 121 Å². The van der Waals surface area contributed by atoms with Crippen LogP contribution in [0.4, 0.5) is 0 Å². The molecule has 0 aromatic heterocycles. The third kappa shape index (κ3) is 3.71. The normalized spacial score (nSPS) is 25.1. The van der Waals surface area contributed by atoms with Gasteiger partial charge in [-0.3, -0.25) is 9.69 Å². The molecule has 2 fully saturated rings. The van der Waals surface area contributed by atoms with E-state index in [0.29, 0.717) is 19.1 Å². The molecule has 2 rings (SSSR count). The van der Waals surface area contributed by atoms with Crippen molar-refractivity contribution in [2.24, 2.45) is 0 Å². The van der Waals surface area contributed by atoms with Crippen molar-refractivity contribution in [3.8, 4) is 6.07 Å². The average molecular weight is 278 g/mol. The summed E-state index contributed by atoms with van der Waals surface area (Å²) in [6.07, 6.45) is 6.06. The SMILES string of the molecule is CCN(C(=O)CN1CCNCC1C#N)C1CCCCC1. The minimum atomic E-state index is -0.169. The van der Waals surface area contributed by atoms with Crippen LogP contribution in [0.1, 0.15) is 39.0 Å². The Morgan fingerprint density at radius 2 is 2.15 bits per heavy atom. The second kappa shape index (κ2) is 7.61. The maximum atomic E-state index is 12.6. The van der Waals surface area contributed by atoms with E-state index in [4.69, 9.17) is 5.26 Å². The number of rotatable bonds is 4. The van der Waals surface area contributed by atoms with Gasteiger partial charge in [-0.15, -0.1) is 0 Å². The second-order valence-electron chi connectivity index (χ2n) is 5.79. The van der Waals surface area contributed by atoms with E-state index in [0.717, 1.165) is 32.5 Å². The molecule has 5 nitrogen and oxygen atoms in total. The molecule has 112 valence electrons. The van der Waals surface area contributed by atoms with Crippen LogP contribution in [0.5, 0.6) is 0 Å². The summed E-state index contributed by atoms with van der Waals surface area (Å²) >= 11 is 0. The highest BCUT2D eigenvalue weighted by Crippen LogP contribution is 2.22. The van der Waals surface area contributed by atoms with Crippen LogP contribution < -0.4 is 5.32 Å². The van der Waals surface area contributed by atoms with Gasteiger partial charge in [-0.05, 0) is 19.8 Å². The number of piperazine rings is 1. The Balaban J connectivity index is 1.92. The maximum absolute atomic E-state index is 12.6. The Morgan fingerprint density at radius 3 is 2.80 bits per heavy atom. The lowest BCUT2D eigenvalue weighted by Gasteiger charge is -2.37. The molecule has 1 saturated carbocycles. The third-order valence-electron chi connectivity index (χ3n) is 4.52. The first-order chi connectivity index (χ1) is 9.76. The van der Waals surface area contributed by atoms with Crippen molar-refractivity contribution >= 4 is 5.91 Å². The van der Waals surface area contributed by atoms with Crippen LogP contribution in [-0.2, 0) is 4.79 Å². The van der Waals surface area contributed by atoms with Gasteiger partial charge in [0.2, 0.25) is 5.91 Å². The Bertz CT molecular complexity index is 359. The van der Waals surface area contributed by atoms with Gasteiger partial charge >= 0.3 is 0 Å². The summed E-state index contributed by atoms with van der Waals surface area (Å²) in [6.45, 7) is 5.55. The molecule has 1 N–H and O–H groups in total. The standard InChI is InChI=1S/C15H26N4O/c1-2-19(13-6-4-3-5-7-13)15(20)12-18-9-8-17-11-14(18)10-16/h13-14,17H,2-9,11-12H2,1H3. The van der Waals surface area contributed by atoms with Crippen LogP contribution in [0.2, 0.25) is 0 Å². The Hall–Kier alpha value is -1.12. The first kappa shape index (κ1) is 15.3. The fourth-order valence-electron chi connectivity index (χ4n) is 3.36. The van der Waals surface area contributed by atoms with Crippen molar-refractivity contribution in [3.05, 3.63) is 0 Å². The lowest BCUT2D eigenvalue weighted by atomic mass is 9.94. The largest absolute Gasteiger partial charge is 0.339 e. The van der Waals surface area contributed by atoms with Crippen LogP contribution >= 0.6 is 0 Å². The summed E-state index contributed by atoms with van der Waals surface area (Å²) in [5, 5.41) is 12.4. The fraction of sp³-hybridized carbons (Fsp3) is 0.867. The predicted molar refractivity (Wildman–Crippen MR) is 78.1 cm³/mol. The van der Waals surface area contributed by atoms with Crippen LogP contribution in [0, 0.1) is 11.3 Å². The van der Waals surface area contributed by atoms with Crippen LogP contribution in [0.25, 0.3) is 0 Å². The maximum Gasteiger partial charge on any atom is 0.237 e. The molecule has 0 radical (unpaired) electrons. The van der Waals surface area contributed by atoms with Crippen LogP contribution in [0.3, 0.4) is 0 Å². The van der Waals surface area contributed by atoms with Gasteiger partial charge in [-0.2, -0.15) is 5.26 Å². The topological polar surface area (TPSA) is 59.4 Å². The van der Waals surface area contributed by atoms with E-state index in [-0.39, 0.29) is 11.9 Å². The molecule has 1 aliphatic carbocycles. The predicted octanol–water partition coefficient (Wildman–Crippen LogP) is 0.965.